The van der Waals surface area contributed by atoms with Crippen molar-refractivity contribution in [3.8, 4) is 0 Å². The number of fused-ring (bicyclic) bond motifs is 3. The number of carbonyl (C=O) groups is 1. The van der Waals surface area contributed by atoms with Crippen molar-refractivity contribution in [2.24, 2.45) is 23.7 Å². The van der Waals surface area contributed by atoms with Gasteiger partial charge in [-0.05, 0) is 36.7 Å². The summed E-state index contributed by atoms with van der Waals surface area (Å²) in [7, 11) is 0. The predicted octanol–water partition coefficient (Wildman–Crippen LogP) is 1.40. The van der Waals surface area contributed by atoms with Gasteiger partial charge in [-0.15, -0.1) is 0 Å². The molecular formula is C9H10O. The van der Waals surface area contributed by atoms with Crippen molar-refractivity contribution < 1.29 is 4.79 Å². The van der Waals surface area contributed by atoms with Crippen LogP contribution in [0.2, 0.25) is 0 Å². The van der Waals surface area contributed by atoms with Crippen LogP contribution >= 0.6 is 0 Å². The van der Waals surface area contributed by atoms with Gasteiger partial charge in [-0.3, -0.25) is 4.79 Å². The van der Waals surface area contributed by atoms with Gasteiger partial charge in [0, 0.05) is 5.92 Å². The van der Waals surface area contributed by atoms with Crippen molar-refractivity contribution in [1.82, 2.24) is 0 Å². The molecule has 52 valence electrons. The summed E-state index contributed by atoms with van der Waals surface area (Å²) in [6, 6.07) is 0. The van der Waals surface area contributed by atoms with Crippen LogP contribution in [0.25, 0.3) is 0 Å². The van der Waals surface area contributed by atoms with Crippen LogP contribution in [0.3, 0.4) is 0 Å². The summed E-state index contributed by atoms with van der Waals surface area (Å²) in [5, 5.41) is 0. The van der Waals surface area contributed by atoms with E-state index < -0.39 is 0 Å². The zero-order valence-electron chi connectivity index (χ0n) is 5.79. The molecule has 10 heavy (non-hydrogen) atoms. The lowest BCUT2D eigenvalue weighted by atomic mass is 10.2. The molecule has 0 amide bonds. The van der Waals surface area contributed by atoms with E-state index in [4.69, 9.17) is 0 Å². The number of carbonyl (C=O) groups excluding carboxylic acids is 1. The Hall–Kier alpha value is -0.590. The number of rotatable bonds is 0. The second kappa shape index (κ2) is 1.36. The Morgan fingerprint density at radius 2 is 2.20 bits per heavy atom. The highest BCUT2D eigenvalue weighted by atomic mass is 16.1. The maximum Gasteiger partial charge on any atom is 0.158 e. The average Bonchev–Trinajstić information content (AvgIpc) is 2.71. The topological polar surface area (TPSA) is 17.1 Å². The molecule has 2 fully saturated rings. The third-order valence-corrected chi connectivity index (χ3v) is 3.15. The van der Waals surface area contributed by atoms with Crippen LogP contribution in [0.1, 0.15) is 12.8 Å². The Labute approximate surface area is 60.1 Å². The van der Waals surface area contributed by atoms with Crippen molar-refractivity contribution in [3.05, 3.63) is 12.2 Å². The average molecular weight is 134 g/mol. The van der Waals surface area contributed by atoms with E-state index in [-0.39, 0.29) is 0 Å². The van der Waals surface area contributed by atoms with E-state index in [0.29, 0.717) is 11.7 Å². The van der Waals surface area contributed by atoms with Crippen LogP contribution in [0.4, 0.5) is 0 Å². The molecule has 0 N–H and O–H groups in total. The second-order valence-electron chi connectivity index (χ2n) is 3.83. The molecule has 3 aliphatic rings. The van der Waals surface area contributed by atoms with E-state index in [0.717, 1.165) is 17.8 Å². The summed E-state index contributed by atoms with van der Waals surface area (Å²) in [6.45, 7) is 0. The van der Waals surface area contributed by atoms with Gasteiger partial charge >= 0.3 is 0 Å². The molecule has 2 saturated carbocycles. The largest absolute Gasteiger partial charge is 0.295 e. The van der Waals surface area contributed by atoms with E-state index in [9.17, 15) is 4.79 Å². The molecule has 0 saturated heterocycles. The highest BCUT2D eigenvalue weighted by Gasteiger charge is 2.56. The maximum atomic E-state index is 11.1. The van der Waals surface area contributed by atoms with E-state index in [2.05, 4.69) is 6.08 Å². The fraction of sp³-hybridized carbons (Fsp3) is 0.667. The Kier molecular flexibility index (Phi) is 0.697. The molecule has 0 aromatic rings. The van der Waals surface area contributed by atoms with Gasteiger partial charge in [0.25, 0.3) is 0 Å². The standard InChI is InChI=1S/C9H10O/c10-9-2-1-5-3-6(5)7-4-8(7)9/h1-2,5-8H,3-4H2/t5-,6+,7+,8+/m1/s1. The molecule has 1 nitrogen and oxygen atoms in total. The lowest BCUT2D eigenvalue weighted by Gasteiger charge is -1.87. The number of hydrogen-bond acceptors (Lipinski definition) is 1. The van der Waals surface area contributed by atoms with Gasteiger partial charge in [-0.1, -0.05) is 6.08 Å². The Bertz CT molecular complexity index is 229. The molecule has 3 rings (SSSR count). The minimum absolute atomic E-state index is 0.400. The van der Waals surface area contributed by atoms with Gasteiger partial charge in [0.1, 0.15) is 0 Å². The molecule has 0 aliphatic heterocycles. The third-order valence-electron chi connectivity index (χ3n) is 3.15. The van der Waals surface area contributed by atoms with Gasteiger partial charge in [-0.2, -0.15) is 0 Å². The molecule has 3 aliphatic carbocycles. The van der Waals surface area contributed by atoms with E-state index in [1.54, 1.807) is 0 Å². The van der Waals surface area contributed by atoms with E-state index in [1.807, 2.05) is 6.08 Å². The highest BCUT2D eigenvalue weighted by Crippen LogP contribution is 2.60. The Morgan fingerprint density at radius 3 is 3.10 bits per heavy atom. The van der Waals surface area contributed by atoms with E-state index in [1.165, 1.54) is 12.8 Å². The summed E-state index contributed by atoms with van der Waals surface area (Å²) in [5.41, 5.74) is 0. The van der Waals surface area contributed by atoms with Crippen LogP contribution in [0.5, 0.6) is 0 Å². The molecular weight excluding hydrogens is 124 g/mol. The normalized spacial score (nSPS) is 55.0. The summed E-state index contributed by atoms with van der Waals surface area (Å²) in [5.74, 6) is 3.35. The first-order valence-corrected chi connectivity index (χ1v) is 4.08. The lowest BCUT2D eigenvalue weighted by molar-refractivity contribution is -0.116. The third kappa shape index (κ3) is 0.511. The maximum absolute atomic E-state index is 11.1. The molecule has 4 atom stereocenters. The van der Waals surface area contributed by atoms with Crippen molar-refractivity contribution in [2.75, 3.05) is 0 Å². The molecule has 1 heteroatoms. The quantitative estimate of drug-likeness (QED) is 0.489. The number of allylic oxidation sites excluding steroid dienone is 2. The van der Waals surface area contributed by atoms with Gasteiger partial charge in [0.05, 0.1) is 0 Å². The molecule has 0 radical (unpaired) electrons. The first kappa shape index (κ1) is 5.11. The molecule has 0 spiro atoms. The van der Waals surface area contributed by atoms with Crippen LogP contribution in [-0.2, 0) is 4.79 Å². The van der Waals surface area contributed by atoms with Crippen LogP contribution in [0.15, 0.2) is 12.2 Å². The zero-order valence-corrected chi connectivity index (χ0v) is 5.79. The molecule has 0 heterocycles. The number of ketones is 1. The highest BCUT2D eigenvalue weighted by molar-refractivity contribution is 5.94. The zero-order chi connectivity index (χ0) is 6.72. The van der Waals surface area contributed by atoms with E-state index >= 15 is 0 Å². The van der Waals surface area contributed by atoms with Crippen molar-refractivity contribution >= 4 is 5.78 Å². The summed E-state index contributed by atoms with van der Waals surface area (Å²) in [6.07, 6.45) is 6.51. The fourth-order valence-corrected chi connectivity index (χ4v) is 2.31. The Morgan fingerprint density at radius 1 is 1.30 bits per heavy atom. The monoisotopic (exact) mass is 134 g/mol. The van der Waals surface area contributed by atoms with Crippen molar-refractivity contribution in [1.29, 1.82) is 0 Å². The SMILES string of the molecule is O=C1C=C[C@@H]2C[C@@H]2[C@@H]2C[C@H]12. The van der Waals surface area contributed by atoms with Gasteiger partial charge in [0.2, 0.25) is 0 Å². The summed E-state index contributed by atoms with van der Waals surface area (Å²) < 4.78 is 0. The number of hydrogen-bond donors (Lipinski definition) is 0. The van der Waals surface area contributed by atoms with Gasteiger partial charge < -0.3 is 0 Å². The second-order valence-corrected chi connectivity index (χ2v) is 3.83. The predicted molar refractivity (Wildman–Crippen MR) is 37.3 cm³/mol. The molecule has 0 unspecified atom stereocenters. The Balaban J connectivity index is 1.97. The summed E-state index contributed by atoms with van der Waals surface area (Å²) in [4.78, 5) is 11.1. The molecule has 0 aromatic carbocycles. The minimum Gasteiger partial charge on any atom is -0.295 e. The smallest absolute Gasteiger partial charge is 0.158 e. The first-order chi connectivity index (χ1) is 4.86. The summed E-state index contributed by atoms with van der Waals surface area (Å²) >= 11 is 0. The van der Waals surface area contributed by atoms with Crippen molar-refractivity contribution in [2.45, 2.75) is 12.8 Å². The van der Waals surface area contributed by atoms with Crippen LogP contribution < -0.4 is 0 Å². The van der Waals surface area contributed by atoms with Crippen LogP contribution in [-0.4, -0.2) is 5.78 Å². The van der Waals surface area contributed by atoms with Crippen LogP contribution in [0, 0.1) is 23.7 Å². The fourth-order valence-electron chi connectivity index (χ4n) is 2.31. The minimum atomic E-state index is 0.400. The lowest BCUT2D eigenvalue weighted by Crippen LogP contribution is -1.96. The molecule has 0 aromatic heterocycles. The van der Waals surface area contributed by atoms with Gasteiger partial charge in [-0.25, -0.2) is 0 Å². The van der Waals surface area contributed by atoms with Gasteiger partial charge in [0.15, 0.2) is 5.78 Å². The van der Waals surface area contributed by atoms with Crippen molar-refractivity contribution in [3.63, 3.8) is 0 Å². The first-order valence-electron chi connectivity index (χ1n) is 4.08. The molecule has 0 bridgehead atoms.